The van der Waals surface area contributed by atoms with E-state index >= 15 is 0 Å². The number of aliphatic hydroxyl groups is 1. The van der Waals surface area contributed by atoms with Gasteiger partial charge in [-0.15, -0.1) is 24.0 Å². The van der Waals surface area contributed by atoms with Gasteiger partial charge in [0.15, 0.2) is 5.96 Å². The predicted molar refractivity (Wildman–Crippen MR) is 114 cm³/mol. The molecular formula is C18H34IN5O2. The van der Waals surface area contributed by atoms with Crippen LogP contribution in [0, 0.1) is 5.92 Å². The Bertz CT molecular complexity index is 476. The number of halogens is 1. The van der Waals surface area contributed by atoms with E-state index in [1.54, 1.807) is 0 Å². The van der Waals surface area contributed by atoms with Crippen LogP contribution in [-0.2, 0) is 4.79 Å². The van der Waals surface area contributed by atoms with Gasteiger partial charge in [0.25, 0.3) is 0 Å². The lowest BCUT2D eigenvalue weighted by molar-refractivity contribution is -0.131. The van der Waals surface area contributed by atoms with Gasteiger partial charge in [-0.05, 0) is 25.7 Å². The van der Waals surface area contributed by atoms with Crippen molar-refractivity contribution in [1.29, 1.82) is 0 Å². The summed E-state index contributed by atoms with van der Waals surface area (Å²) in [6.07, 6.45) is 5.27. The maximum Gasteiger partial charge on any atom is 0.236 e. The predicted octanol–water partition coefficient (Wildman–Crippen LogP) is 0.581. The Labute approximate surface area is 174 Å². The normalized spacial score (nSPS) is 27.5. The molecule has 2 N–H and O–H groups in total. The molecule has 2 saturated heterocycles. The van der Waals surface area contributed by atoms with Gasteiger partial charge in [-0.1, -0.05) is 6.42 Å². The molecule has 1 saturated carbocycles. The zero-order valence-electron chi connectivity index (χ0n) is 15.9. The number of piperazine rings is 1. The van der Waals surface area contributed by atoms with Gasteiger partial charge in [-0.25, -0.2) is 0 Å². The van der Waals surface area contributed by atoms with Crippen LogP contribution < -0.4 is 5.32 Å². The Morgan fingerprint density at radius 2 is 1.73 bits per heavy atom. The van der Waals surface area contributed by atoms with Gasteiger partial charge in [-0.2, -0.15) is 0 Å². The van der Waals surface area contributed by atoms with Crippen molar-refractivity contribution in [1.82, 2.24) is 20.0 Å². The number of rotatable bonds is 4. The zero-order chi connectivity index (χ0) is 17.6. The Hall–Kier alpha value is -0.610. The molecular weight excluding hydrogens is 445 g/mol. The maximum absolute atomic E-state index is 12.3. The minimum atomic E-state index is -0.168. The molecule has 0 radical (unpaired) electrons. The Kier molecular flexibility index (Phi) is 8.89. The SMILES string of the molecule is CN=C(NCC1CCCC1O)N1CCN(CC(=O)N2CCCC2)CC1.I. The van der Waals surface area contributed by atoms with Gasteiger partial charge < -0.3 is 20.2 Å². The molecule has 0 aromatic rings. The third-order valence-electron chi connectivity index (χ3n) is 5.84. The summed E-state index contributed by atoms with van der Waals surface area (Å²) in [6, 6.07) is 0. The van der Waals surface area contributed by atoms with Crippen molar-refractivity contribution < 1.29 is 9.90 Å². The van der Waals surface area contributed by atoms with E-state index in [2.05, 4.69) is 20.1 Å². The minimum absolute atomic E-state index is 0. The minimum Gasteiger partial charge on any atom is -0.393 e. The standard InChI is InChI=1S/C18H33N5O2.HI/c1-19-18(20-13-15-5-4-6-16(15)24)23-11-9-21(10-12-23)14-17(25)22-7-2-3-8-22;/h15-16,24H,2-14H2,1H3,(H,19,20);1H. The highest BCUT2D eigenvalue weighted by Gasteiger charge is 2.27. The molecule has 2 aliphatic heterocycles. The summed E-state index contributed by atoms with van der Waals surface area (Å²) in [4.78, 5) is 23.2. The second-order valence-electron chi connectivity index (χ2n) is 7.54. The molecule has 150 valence electrons. The molecule has 26 heavy (non-hydrogen) atoms. The van der Waals surface area contributed by atoms with Crippen molar-refractivity contribution in [2.24, 2.45) is 10.9 Å². The quantitative estimate of drug-likeness (QED) is 0.351. The lowest BCUT2D eigenvalue weighted by Gasteiger charge is -2.37. The fourth-order valence-corrected chi connectivity index (χ4v) is 4.19. The number of likely N-dealkylation sites (tertiary alicyclic amines) is 1. The Morgan fingerprint density at radius 3 is 2.31 bits per heavy atom. The number of nitrogens with zero attached hydrogens (tertiary/aromatic N) is 4. The van der Waals surface area contributed by atoms with Crippen LogP contribution in [0.2, 0.25) is 0 Å². The molecule has 3 aliphatic rings. The third-order valence-corrected chi connectivity index (χ3v) is 5.84. The summed E-state index contributed by atoms with van der Waals surface area (Å²) in [5, 5.41) is 13.4. The van der Waals surface area contributed by atoms with E-state index in [-0.39, 0.29) is 36.0 Å². The van der Waals surface area contributed by atoms with Crippen LogP contribution in [0.5, 0.6) is 0 Å². The van der Waals surface area contributed by atoms with Gasteiger partial charge in [-0.3, -0.25) is 14.7 Å². The van der Waals surface area contributed by atoms with Gasteiger partial charge in [0, 0.05) is 58.8 Å². The monoisotopic (exact) mass is 479 g/mol. The van der Waals surface area contributed by atoms with Gasteiger partial charge in [0.1, 0.15) is 0 Å². The van der Waals surface area contributed by atoms with Crippen LogP contribution >= 0.6 is 24.0 Å². The number of guanidine groups is 1. The smallest absolute Gasteiger partial charge is 0.236 e. The van der Waals surface area contributed by atoms with Crippen molar-refractivity contribution in [3.05, 3.63) is 0 Å². The Balaban J connectivity index is 0.00000243. The van der Waals surface area contributed by atoms with Crippen LogP contribution in [0.1, 0.15) is 32.1 Å². The number of carbonyl (C=O) groups excluding carboxylic acids is 1. The molecule has 2 atom stereocenters. The molecule has 1 amide bonds. The lowest BCUT2D eigenvalue weighted by Crippen LogP contribution is -2.54. The third kappa shape index (κ3) is 5.69. The molecule has 0 spiro atoms. The number of hydrogen-bond donors (Lipinski definition) is 2. The fourth-order valence-electron chi connectivity index (χ4n) is 4.19. The zero-order valence-corrected chi connectivity index (χ0v) is 18.2. The highest BCUT2D eigenvalue weighted by atomic mass is 127. The summed E-state index contributed by atoms with van der Waals surface area (Å²) in [6.45, 7) is 6.78. The van der Waals surface area contributed by atoms with Crippen LogP contribution in [0.3, 0.4) is 0 Å². The van der Waals surface area contributed by atoms with Gasteiger partial charge in [0.2, 0.25) is 5.91 Å². The van der Waals surface area contributed by atoms with Crippen LogP contribution in [0.25, 0.3) is 0 Å². The summed E-state index contributed by atoms with van der Waals surface area (Å²) >= 11 is 0. The number of carbonyl (C=O) groups is 1. The average Bonchev–Trinajstić information content (AvgIpc) is 3.29. The first kappa shape index (κ1) is 21.7. The molecule has 0 bridgehead atoms. The topological polar surface area (TPSA) is 71.4 Å². The first-order valence-corrected chi connectivity index (χ1v) is 9.81. The van der Waals surface area contributed by atoms with E-state index in [0.29, 0.717) is 12.5 Å². The van der Waals surface area contributed by atoms with Crippen molar-refractivity contribution in [3.63, 3.8) is 0 Å². The Morgan fingerprint density at radius 1 is 1.04 bits per heavy atom. The van der Waals surface area contributed by atoms with Crippen LogP contribution in [0.15, 0.2) is 4.99 Å². The molecule has 3 rings (SSSR count). The fraction of sp³-hybridized carbons (Fsp3) is 0.889. The van der Waals surface area contributed by atoms with Crippen LogP contribution in [0.4, 0.5) is 0 Å². The van der Waals surface area contributed by atoms with E-state index in [1.165, 1.54) is 0 Å². The van der Waals surface area contributed by atoms with E-state index in [4.69, 9.17) is 0 Å². The van der Waals surface area contributed by atoms with Gasteiger partial charge in [0.05, 0.1) is 12.6 Å². The molecule has 7 nitrogen and oxygen atoms in total. The van der Waals surface area contributed by atoms with Crippen molar-refractivity contribution >= 4 is 35.8 Å². The summed E-state index contributed by atoms with van der Waals surface area (Å²) in [5.41, 5.74) is 0. The van der Waals surface area contributed by atoms with E-state index in [0.717, 1.165) is 83.9 Å². The molecule has 8 heteroatoms. The maximum atomic E-state index is 12.3. The molecule has 0 aromatic heterocycles. The second kappa shape index (κ2) is 10.7. The molecule has 0 aromatic carbocycles. The molecule has 3 fully saturated rings. The number of amides is 1. The highest BCUT2D eigenvalue weighted by molar-refractivity contribution is 14.0. The van der Waals surface area contributed by atoms with E-state index in [1.807, 2.05) is 11.9 Å². The first-order chi connectivity index (χ1) is 12.2. The summed E-state index contributed by atoms with van der Waals surface area (Å²) < 4.78 is 0. The largest absolute Gasteiger partial charge is 0.393 e. The average molecular weight is 479 g/mol. The molecule has 2 heterocycles. The highest BCUT2D eigenvalue weighted by Crippen LogP contribution is 2.24. The number of nitrogens with one attached hydrogen (secondary N) is 1. The van der Waals surface area contributed by atoms with Crippen LogP contribution in [-0.4, -0.2) is 97.2 Å². The number of hydrogen-bond acceptors (Lipinski definition) is 4. The van der Waals surface area contributed by atoms with Crippen molar-refractivity contribution in [2.45, 2.75) is 38.2 Å². The summed E-state index contributed by atoms with van der Waals surface area (Å²) in [5.74, 6) is 1.55. The van der Waals surface area contributed by atoms with Gasteiger partial charge >= 0.3 is 0 Å². The molecule has 1 aliphatic carbocycles. The summed E-state index contributed by atoms with van der Waals surface area (Å²) in [7, 11) is 1.82. The lowest BCUT2D eigenvalue weighted by atomic mass is 10.1. The molecule has 2 unspecified atom stereocenters. The van der Waals surface area contributed by atoms with E-state index < -0.39 is 0 Å². The van der Waals surface area contributed by atoms with Crippen molar-refractivity contribution in [3.8, 4) is 0 Å². The second-order valence-corrected chi connectivity index (χ2v) is 7.54. The number of aliphatic imine (C=N–C) groups is 1. The van der Waals surface area contributed by atoms with E-state index in [9.17, 15) is 9.90 Å². The first-order valence-electron chi connectivity index (χ1n) is 9.81. The number of aliphatic hydroxyl groups excluding tert-OH is 1. The van der Waals surface area contributed by atoms with Crippen molar-refractivity contribution in [2.75, 3.05) is 59.4 Å².